The Morgan fingerprint density at radius 2 is 2.00 bits per heavy atom. The highest BCUT2D eigenvalue weighted by molar-refractivity contribution is 6.01. The van der Waals surface area contributed by atoms with Crippen LogP contribution in [0.2, 0.25) is 0 Å². The fourth-order valence-electron chi connectivity index (χ4n) is 2.76. The van der Waals surface area contributed by atoms with Crippen molar-refractivity contribution < 1.29 is 24.1 Å². The van der Waals surface area contributed by atoms with E-state index in [4.69, 9.17) is 14.2 Å². The number of aromatic hydroxyl groups is 1. The maximum atomic E-state index is 12.6. The van der Waals surface area contributed by atoms with Gasteiger partial charge < -0.3 is 19.3 Å². The van der Waals surface area contributed by atoms with Crippen molar-refractivity contribution >= 4 is 5.78 Å². The SMILES string of the molecule is COc1ccc(C[C@H]2COc3cc(O)ccc3C2=O)c(OC)c1. The first-order chi connectivity index (χ1) is 11.1. The van der Waals surface area contributed by atoms with Gasteiger partial charge in [-0.25, -0.2) is 0 Å². The normalized spacial score (nSPS) is 16.4. The second-order valence-electron chi connectivity index (χ2n) is 5.43. The number of hydrogen-bond acceptors (Lipinski definition) is 5. The summed E-state index contributed by atoms with van der Waals surface area (Å²) in [4.78, 5) is 12.6. The summed E-state index contributed by atoms with van der Waals surface area (Å²) in [5.41, 5.74) is 1.43. The number of Topliss-reactive ketones (excluding diaryl/α,β-unsaturated/α-hetero) is 1. The van der Waals surface area contributed by atoms with Crippen LogP contribution in [0.25, 0.3) is 0 Å². The lowest BCUT2D eigenvalue weighted by Crippen LogP contribution is -2.29. The largest absolute Gasteiger partial charge is 0.508 e. The fraction of sp³-hybridized carbons (Fsp3) is 0.278. The van der Waals surface area contributed by atoms with Gasteiger partial charge in [0.2, 0.25) is 0 Å². The fourth-order valence-corrected chi connectivity index (χ4v) is 2.76. The number of ketones is 1. The molecule has 0 bridgehead atoms. The highest BCUT2D eigenvalue weighted by atomic mass is 16.5. The van der Waals surface area contributed by atoms with Crippen LogP contribution >= 0.6 is 0 Å². The van der Waals surface area contributed by atoms with Crippen molar-refractivity contribution in [2.24, 2.45) is 5.92 Å². The number of phenolic OH excluding ortho intramolecular Hbond substituents is 1. The van der Waals surface area contributed by atoms with Crippen LogP contribution in [0.5, 0.6) is 23.0 Å². The Morgan fingerprint density at radius 1 is 1.17 bits per heavy atom. The molecule has 23 heavy (non-hydrogen) atoms. The Balaban J connectivity index is 1.84. The van der Waals surface area contributed by atoms with E-state index in [1.807, 2.05) is 12.1 Å². The Bertz CT molecular complexity index is 738. The van der Waals surface area contributed by atoms with Crippen molar-refractivity contribution in [2.75, 3.05) is 20.8 Å². The van der Waals surface area contributed by atoms with Crippen molar-refractivity contribution in [2.45, 2.75) is 6.42 Å². The number of methoxy groups -OCH3 is 2. The molecule has 0 radical (unpaired) electrons. The van der Waals surface area contributed by atoms with Gasteiger partial charge in [0.25, 0.3) is 0 Å². The minimum atomic E-state index is -0.283. The van der Waals surface area contributed by atoms with Gasteiger partial charge >= 0.3 is 0 Å². The van der Waals surface area contributed by atoms with E-state index in [1.54, 1.807) is 26.4 Å². The first-order valence-corrected chi connectivity index (χ1v) is 7.33. The first-order valence-electron chi connectivity index (χ1n) is 7.33. The van der Waals surface area contributed by atoms with Gasteiger partial charge in [-0.1, -0.05) is 6.07 Å². The lowest BCUT2D eigenvalue weighted by Gasteiger charge is -2.24. The lowest BCUT2D eigenvalue weighted by molar-refractivity contribution is 0.0829. The van der Waals surface area contributed by atoms with E-state index in [9.17, 15) is 9.90 Å². The molecule has 120 valence electrons. The van der Waals surface area contributed by atoms with Crippen LogP contribution in [0.3, 0.4) is 0 Å². The van der Waals surface area contributed by atoms with Crippen LogP contribution in [0.4, 0.5) is 0 Å². The second-order valence-corrected chi connectivity index (χ2v) is 5.43. The highest BCUT2D eigenvalue weighted by Crippen LogP contribution is 2.33. The molecule has 1 aliphatic heterocycles. The summed E-state index contributed by atoms with van der Waals surface area (Å²) in [5.74, 6) is 1.66. The molecule has 0 saturated carbocycles. The summed E-state index contributed by atoms with van der Waals surface area (Å²) in [7, 11) is 3.19. The molecular weight excluding hydrogens is 296 g/mol. The third-order valence-corrected chi connectivity index (χ3v) is 4.00. The summed E-state index contributed by atoms with van der Waals surface area (Å²) in [6.45, 7) is 0.282. The molecule has 1 N–H and O–H groups in total. The van der Waals surface area contributed by atoms with Crippen molar-refractivity contribution in [3.63, 3.8) is 0 Å². The lowest BCUT2D eigenvalue weighted by atomic mass is 9.89. The standard InChI is InChI=1S/C18H18O5/c1-21-14-5-3-11(16(9-14)22-2)7-12-10-23-17-8-13(19)4-6-15(17)18(12)20/h3-6,8-9,12,19H,7,10H2,1-2H3/t12-/m0/s1. The van der Waals surface area contributed by atoms with Gasteiger partial charge in [-0.15, -0.1) is 0 Å². The van der Waals surface area contributed by atoms with Gasteiger partial charge in [-0.3, -0.25) is 4.79 Å². The molecule has 0 fully saturated rings. The van der Waals surface area contributed by atoms with Crippen molar-refractivity contribution in [1.29, 1.82) is 0 Å². The maximum Gasteiger partial charge on any atom is 0.173 e. The molecule has 5 nitrogen and oxygen atoms in total. The predicted molar refractivity (Wildman–Crippen MR) is 84.7 cm³/mol. The van der Waals surface area contributed by atoms with Crippen molar-refractivity contribution in [3.8, 4) is 23.0 Å². The van der Waals surface area contributed by atoms with Crippen LogP contribution in [0, 0.1) is 5.92 Å². The number of phenols is 1. The first kappa shape index (κ1) is 15.2. The zero-order valence-electron chi connectivity index (χ0n) is 13.0. The van der Waals surface area contributed by atoms with Gasteiger partial charge in [0, 0.05) is 12.1 Å². The topological polar surface area (TPSA) is 65.0 Å². The number of fused-ring (bicyclic) bond motifs is 1. The Labute approximate surface area is 134 Å². The summed E-state index contributed by atoms with van der Waals surface area (Å²) in [6.07, 6.45) is 0.520. The summed E-state index contributed by atoms with van der Waals surface area (Å²) < 4.78 is 16.2. The second kappa shape index (κ2) is 6.20. The number of rotatable bonds is 4. The Morgan fingerprint density at radius 3 is 2.74 bits per heavy atom. The number of hydrogen-bond donors (Lipinski definition) is 1. The molecule has 0 aromatic heterocycles. The molecule has 3 rings (SSSR count). The molecule has 0 aliphatic carbocycles. The van der Waals surface area contributed by atoms with E-state index in [2.05, 4.69) is 0 Å². The van der Waals surface area contributed by atoms with Crippen LogP contribution in [0.15, 0.2) is 36.4 Å². The van der Waals surface area contributed by atoms with E-state index < -0.39 is 0 Å². The summed E-state index contributed by atoms with van der Waals surface area (Å²) in [5, 5.41) is 9.47. The van der Waals surface area contributed by atoms with Gasteiger partial charge in [0.1, 0.15) is 23.0 Å². The van der Waals surface area contributed by atoms with Gasteiger partial charge in [0.05, 0.1) is 32.3 Å². The monoisotopic (exact) mass is 314 g/mol. The number of benzene rings is 2. The highest BCUT2D eigenvalue weighted by Gasteiger charge is 2.30. The molecule has 1 aliphatic rings. The van der Waals surface area contributed by atoms with Gasteiger partial charge in [-0.05, 0) is 30.2 Å². The average molecular weight is 314 g/mol. The van der Waals surface area contributed by atoms with E-state index in [-0.39, 0.29) is 24.1 Å². The van der Waals surface area contributed by atoms with Crippen LogP contribution in [-0.4, -0.2) is 31.7 Å². The minimum absolute atomic E-state index is 0.0177. The maximum absolute atomic E-state index is 12.6. The Hall–Kier alpha value is -2.69. The molecule has 0 spiro atoms. The number of carbonyl (C=O) groups excluding carboxylic acids is 1. The molecule has 0 amide bonds. The molecule has 0 unspecified atom stereocenters. The zero-order chi connectivity index (χ0) is 16.4. The third kappa shape index (κ3) is 2.95. The van der Waals surface area contributed by atoms with Crippen LogP contribution in [0.1, 0.15) is 15.9 Å². The summed E-state index contributed by atoms with van der Waals surface area (Å²) in [6, 6.07) is 10.1. The summed E-state index contributed by atoms with van der Waals surface area (Å²) >= 11 is 0. The molecule has 2 aromatic rings. The zero-order valence-corrected chi connectivity index (χ0v) is 13.0. The van der Waals surface area contributed by atoms with Crippen molar-refractivity contribution in [1.82, 2.24) is 0 Å². The molecule has 2 aromatic carbocycles. The third-order valence-electron chi connectivity index (χ3n) is 4.00. The quantitative estimate of drug-likeness (QED) is 0.940. The van der Waals surface area contributed by atoms with E-state index in [0.717, 1.165) is 5.56 Å². The smallest absolute Gasteiger partial charge is 0.173 e. The van der Waals surface area contributed by atoms with E-state index in [0.29, 0.717) is 29.2 Å². The average Bonchev–Trinajstić information content (AvgIpc) is 2.57. The molecule has 1 atom stereocenters. The molecular formula is C18H18O5. The molecule has 5 heteroatoms. The molecule has 1 heterocycles. The molecule has 0 saturated heterocycles. The number of carbonyl (C=O) groups is 1. The number of ether oxygens (including phenoxy) is 3. The minimum Gasteiger partial charge on any atom is -0.508 e. The van der Waals surface area contributed by atoms with Crippen LogP contribution < -0.4 is 14.2 Å². The Kier molecular flexibility index (Phi) is 4.10. The van der Waals surface area contributed by atoms with Gasteiger partial charge in [-0.2, -0.15) is 0 Å². The predicted octanol–water partition coefficient (Wildman–Crippen LogP) is 2.84. The van der Waals surface area contributed by atoms with E-state index in [1.165, 1.54) is 12.1 Å². The van der Waals surface area contributed by atoms with Crippen molar-refractivity contribution in [3.05, 3.63) is 47.5 Å². The van der Waals surface area contributed by atoms with Gasteiger partial charge in [0.15, 0.2) is 5.78 Å². The van der Waals surface area contributed by atoms with E-state index >= 15 is 0 Å². The van der Waals surface area contributed by atoms with Crippen LogP contribution in [-0.2, 0) is 6.42 Å².